The summed E-state index contributed by atoms with van der Waals surface area (Å²) in [5.74, 6) is 0. The Balaban J connectivity index is 1.62. The molecular weight excluding hydrogens is 341 g/mol. The number of hydrogen-bond donors (Lipinski definition) is 1. The van der Waals surface area contributed by atoms with Crippen LogP contribution in [0, 0.1) is 0 Å². The van der Waals surface area contributed by atoms with Crippen LogP contribution in [0.4, 0.5) is 13.2 Å². The second-order valence-corrected chi connectivity index (χ2v) is 6.92. The lowest BCUT2D eigenvalue weighted by molar-refractivity contribution is -0.138. The molecular formula is C16H13F3N2S2. The van der Waals surface area contributed by atoms with Crippen molar-refractivity contribution >= 4 is 22.7 Å². The van der Waals surface area contributed by atoms with Crippen molar-refractivity contribution < 1.29 is 13.2 Å². The number of hydrogen-bond acceptors (Lipinski definition) is 4. The van der Waals surface area contributed by atoms with E-state index in [1.807, 2.05) is 17.5 Å². The Labute approximate surface area is 139 Å². The van der Waals surface area contributed by atoms with Crippen molar-refractivity contribution in [1.29, 1.82) is 0 Å². The van der Waals surface area contributed by atoms with Gasteiger partial charge in [0.15, 0.2) is 0 Å². The molecule has 3 aromatic rings. The van der Waals surface area contributed by atoms with Gasteiger partial charge in [-0.25, -0.2) is 4.98 Å². The van der Waals surface area contributed by atoms with E-state index in [-0.39, 0.29) is 12.1 Å². The van der Waals surface area contributed by atoms with Crippen molar-refractivity contribution in [1.82, 2.24) is 10.3 Å². The lowest BCUT2D eigenvalue weighted by Gasteiger charge is -2.12. The number of thiophene rings is 1. The maximum Gasteiger partial charge on any atom is 0.416 e. The first-order valence-corrected chi connectivity index (χ1v) is 8.58. The molecule has 0 aliphatic heterocycles. The Morgan fingerprint density at radius 2 is 1.83 bits per heavy atom. The number of rotatable bonds is 5. The first-order chi connectivity index (χ1) is 11.0. The zero-order valence-corrected chi connectivity index (χ0v) is 13.6. The van der Waals surface area contributed by atoms with Gasteiger partial charge in [0, 0.05) is 24.2 Å². The molecule has 2 heterocycles. The number of alkyl halides is 3. The Bertz CT molecular complexity index is 764. The van der Waals surface area contributed by atoms with Gasteiger partial charge in [-0.2, -0.15) is 13.2 Å². The van der Waals surface area contributed by atoms with Crippen LogP contribution in [-0.2, 0) is 19.3 Å². The highest BCUT2D eigenvalue weighted by Crippen LogP contribution is 2.32. The smallest absolute Gasteiger partial charge is 0.306 e. The molecule has 3 rings (SSSR count). The van der Waals surface area contributed by atoms with Gasteiger partial charge in [0.1, 0.15) is 5.01 Å². The van der Waals surface area contributed by atoms with Gasteiger partial charge in [0.05, 0.1) is 10.4 Å². The Hall–Kier alpha value is -1.70. The van der Waals surface area contributed by atoms with Gasteiger partial charge >= 0.3 is 6.18 Å². The van der Waals surface area contributed by atoms with Gasteiger partial charge in [-0.15, -0.1) is 22.7 Å². The second-order valence-electron chi connectivity index (χ2n) is 4.85. The minimum Gasteiger partial charge on any atom is -0.306 e. The predicted octanol–water partition coefficient (Wildman–Crippen LogP) is 5.18. The minimum atomic E-state index is -4.33. The van der Waals surface area contributed by atoms with Gasteiger partial charge < -0.3 is 5.32 Å². The first kappa shape index (κ1) is 16.2. The maximum absolute atomic E-state index is 12.9. The van der Waals surface area contributed by atoms with E-state index in [1.165, 1.54) is 12.1 Å². The van der Waals surface area contributed by atoms with E-state index in [2.05, 4.69) is 10.3 Å². The topological polar surface area (TPSA) is 24.9 Å². The molecule has 0 radical (unpaired) electrons. The lowest BCUT2D eigenvalue weighted by atomic mass is 10.1. The second kappa shape index (κ2) is 6.82. The molecule has 1 aromatic carbocycles. The molecule has 0 aliphatic rings. The van der Waals surface area contributed by atoms with Gasteiger partial charge in [0.25, 0.3) is 0 Å². The standard InChI is InChI=1S/C16H13F3N2S2/c17-16(18,19)12-5-2-1-4-11(12)8-20-10-15-21-9-14(23-15)13-6-3-7-22-13/h1-7,9,20H,8,10H2. The predicted molar refractivity (Wildman–Crippen MR) is 87.4 cm³/mol. The summed E-state index contributed by atoms with van der Waals surface area (Å²) in [6.45, 7) is 0.603. The monoisotopic (exact) mass is 354 g/mol. The highest BCUT2D eigenvalue weighted by atomic mass is 32.1. The summed E-state index contributed by atoms with van der Waals surface area (Å²) in [5.41, 5.74) is -0.346. The van der Waals surface area contributed by atoms with E-state index >= 15 is 0 Å². The van der Waals surface area contributed by atoms with Crippen molar-refractivity contribution in [2.24, 2.45) is 0 Å². The Morgan fingerprint density at radius 1 is 1.00 bits per heavy atom. The number of thiazole rings is 1. The summed E-state index contributed by atoms with van der Waals surface area (Å²) in [6.07, 6.45) is -2.52. The third-order valence-electron chi connectivity index (χ3n) is 3.23. The average molecular weight is 354 g/mol. The Morgan fingerprint density at radius 3 is 2.57 bits per heavy atom. The first-order valence-electron chi connectivity index (χ1n) is 6.88. The fourth-order valence-corrected chi connectivity index (χ4v) is 3.89. The molecule has 0 atom stereocenters. The SMILES string of the molecule is FC(F)(F)c1ccccc1CNCc1ncc(-c2cccs2)s1. The van der Waals surface area contributed by atoms with Crippen molar-refractivity contribution in [2.45, 2.75) is 19.3 Å². The largest absolute Gasteiger partial charge is 0.416 e. The molecule has 0 fully saturated rings. The number of aromatic nitrogens is 1. The third kappa shape index (κ3) is 3.99. The minimum absolute atomic E-state index is 0.156. The van der Waals surface area contributed by atoms with Gasteiger partial charge in [-0.3, -0.25) is 0 Å². The molecule has 0 bridgehead atoms. The lowest BCUT2D eigenvalue weighted by Crippen LogP contribution is -2.17. The van der Waals surface area contributed by atoms with E-state index in [1.54, 1.807) is 34.9 Å². The molecule has 0 saturated heterocycles. The van der Waals surface area contributed by atoms with E-state index < -0.39 is 11.7 Å². The van der Waals surface area contributed by atoms with Crippen molar-refractivity contribution in [3.05, 3.63) is 64.1 Å². The number of halogens is 3. The van der Waals surface area contributed by atoms with Crippen LogP contribution in [-0.4, -0.2) is 4.98 Å². The summed E-state index contributed by atoms with van der Waals surface area (Å²) in [4.78, 5) is 6.54. The van der Waals surface area contributed by atoms with Crippen LogP contribution in [0.15, 0.2) is 48.0 Å². The number of benzene rings is 1. The van der Waals surface area contributed by atoms with Crippen LogP contribution in [0.3, 0.4) is 0 Å². The van der Waals surface area contributed by atoms with Crippen molar-refractivity contribution in [3.8, 4) is 9.75 Å². The van der Waals surface area contributed by atoms with E-state index in [9.17, 15) is 13.2 Å². The molecule has 2 nitrogen and oxygen atoms in total. The van der Waals surface area contributed by atoms with Gasteiger partial charge in [-0.1, -0.05) is 24.3 Å². The molecule has 7 heteroatoms. The quantitative estimate of drug-likeness (QED) is 0.683. The third-order valence-corrected chi connectivity index (χ3v) is 5.29. The number of nitrogens with one attached hydrogen (secondary N) is 1. The van der Waals surface area contributed by atoms with Crippen LogP contribution in [0.1, 0.15) is 16.1 Å². The van der Waals surface area contributed by atoms with Crippen LogP contribution >= 0.6 is 22.7 Å². The van der Waals surface area contributed by atoms with Crippen LogP contribution in [0.2, 0.25) is 0 Å². The highest BCUT2D eigenvalue weighted by Gasteiger charge is 2.32. The summed E-state index contributed by atoms with van der Waals surface area (Å²) in [6, 6.07) is 9.62. The molecule has 0 spiro atoms. The molecule has 1 N–H and O–H groups in total. The summed E-state index contributed by atoms with van der Waals surface area (Å²) < 4.78 is 38.8. The molecule has 120 valence electrons. The van der Waals surface area contributed by atoms with Crippen molar-refractivity contribution in [2.75, 3.05) is 0 Å². The average Bonchev–Trinajstić information content (AvgIpc) is 3.17. The Kier molecular flexibility index (Phi) is 4.79. The molecule has 0 aliphatic carbocycles. The van der Waals surface area contributed by atoms with Crippen LogP contribution in [0.25, 0.3) is 9.75 Å². The summed E-state index contributed by atoms with van der Waals surface area (Å²) in [7, 11) is 0. The molecule has 0 saturated carbocycles. The van der Waals surface area contributed by atoms with E-state index in [0.29, 0.717) is 6.54 Å². The van der Waals surface area contributed by atoms with E-state index in [0.717, 1.165) is 20.8 Å². The summed E-state index contributed by atoms with van der Waals surface area (Å²) in [5, 5.41) is 5.90. The van der Waals surface area contributed by atoms with E-state index in [4.69, 9.17) is 0 Å². The zero-order chi connectivity index (χ0) is 16.3. The normalized spacial score (nSPS) is 11.8. The summed E-state index contributed by atoms with van der Waals surface area (Å²) >= 11 is 3.19. The van der Waals surface area contributed by atoms with Crippen LogP contribution in [0.5, 0.6) is 0 Å². The molecule has 2 aromatic heterocycles. The molecule has 23 heavy (non-hydrogen) atoms. The molecule has 0 amide bonds. The van der Waals surface area contributed by atoms with Crippen molar-refractivity contribution in [3.63, 3.8) is 0 Å². The molecule has 0 unspecified atom stereocenters. The van der Waals surface area contributed by atoms with Gasteiger partial charge in [-0.05, 0) is 23.1 Å². The fourth-order valence-electron chi connectivity index (χ4n) is 2.18. The van der Waals surface area contributed by atoms with Gasteiger partial charge in [0.2, 0.25) is 0 Å². The number of nitrogens with zero attached hydrogens (tertiary/aromatic N) is 1. The highest BCUT2D eigenvalue weighted by molar-refractivity contribution is 7.21. The maximum atomic E-state index is 12.9. The van der Waals surface area contributed by atoms with Crippen LogP contribution < -0.4 is 5.32 Å². The zero-order valence-electron chi connectivity index (χ0n) is 11.9. The fraction of sp³-hybridized carbons (Fsp3) is 0.188.